The van der Waals surface area contributed by atoms with Gasteiger partial charge < -0.3 is 4.98 Å². The summed E-state index contributed by atoms with van der Waals surface area (Å²) in [6, 6.07) is 7.70. The topological polar surface area (TPSA) is 91.5 Å². The zero-order valence-electron chi connectivity index (χ0n) is 13.2. The zero-order chi connectivity index (χ0) is 18.3. The molecule has 0 fully saturated rings. The van der Waals surface area contributed by atoms with Crippen molar-refractivity contribution in [3.63, 3.8) is 0 Å². The molecule has 4 aromatic rings. The van der Waals surface area contributed by atoms with Crippen LogP contribution < -0.4 is 0 Å². The minimum absolute atomic E-state index is 0.0113. The molecule has 6 nitrogen and oxygen atoms in total. The third kappa shape index (κ3) is 2.97. The lowest BCUT2D eigenvalue weighted by Crippen LogP contribution is -2.04. The van der Waals surface area contributed by atoms with Crippen molar-refractivity contribution in [2.45, 2.75) is 10.6 Å². The summed E-state index contributed by atoms with van der Waals surface area (Å²) in [6.45, 7) is 0. The third-order valence-electron chi connectivity index (χ3n) is 3.89. The molecule has 0 aliphatic rings. The average molecular weight is 374 g/mol. The van der Waals surface area contributed by atoms with Gasteiger partial charge in [0, 0.05) is 23.8 Å². The van der Waals surface area contributed by atoms with E-state index in [9.17, 15) is 17.2 Å². The van der Waals surface area contributed by atoms with E-state index in [0.29, 0.717) is 23.1 Å². The van der Waals surface area contributed by atoms with Crippen LogP contribution in [0.15, 0.2) is 53.7 Å². The van der Waals surface area contributed by atoms with E-state index in [2.05, 4.69) is 20.2 Å². The van der Waals surface area contributed by atoms with E-state index < -0.39 is 27.2 Å². The van der Waals surface area contributed by atoms with Crippen LogP contribution in [-0.4, -0.2) is 28.6 Å². The van der Waals surface area contributed by atoms with Crippen molar-refractivity contribution in [1.82, 2.24) is 20.2 Å². The summed E-state index contributed by atoms with van der Waals surface area (Å²) in [4.78, 5) is 7.02. The maximum atomic E-state index is 13.3. The van der Waals surface area contributed by atoms with Gasteiger partial charge in [-0.2, -0.15) is 5.10 Å². The summed E-state index contributed by atoms with van der Waals surface area (Å²) in [6.07, 6.45) is 2.95. The van der Waals surface area contributed by atoms with Gasteiger partial charge in [0.25, 0.3) is 0 Å². The molecule has 4 rings (SSSR count). The van der Waals surface area contributed by atoms with Crippen molar-refractivity contribution in [2.24, 2.45) is 0 Å². The molecule has 0 aliphatic heterocycles. The van der Waals surface area contributed by atoms with Crippen molar-refractivity contribution in [3.05, 3.63) is 66.0 Å². The molecule has 0 bridgehead atoms. The molecule has 0 saturated heterocycles. The number of nitrogens with zero attached hydrogens (tertiary/aromatic N) is 2. The smallest absolute Gasteiger partial charge is 0.184 e. The minimum Gasteiger partial charge on any atom is -0.359 e. The molecule has 9 heteroatoms. The van der Waals surface area contributed by atoms with Crippen LogP contribution in [0.1, 0.15) is 5.56 Å². The fourth-order valence-corrected chi connectivity index (χ4v) is 4.06. The Morgan fingerprint density at radius 1 is 1.08 bits per heavy atom. The SMILES string of the molecule is O=S(=O)(Cc1cc(F)cc(F)c1)c1c[nH]c(-c2n[nH]c3ncccc23)c1. The van der Waals surface area contributed by atoms with Crippen LogP contribution in [0.25, 0.3) is 22.4 Å². The van der Waals surface area contributed by atoms with Crippen LogP contribution in [0.4, 0.5) is 8.78 Å². The highest BCUT2D eigenvalue weighted by molar-refractivity contribution is 7.90. The first-order valence-electron chi connectivity index (χ1n) is 7.58. The molecule has 0 amide bonds. The normalized spacial score (nSPS) is 11.9. The number of halogens is 2. The van der Waals surface area contributed by atoms with Gasteiger partial charge in [-0.15, -0.1) is 0 Å². The highest BCUT2D eigenvalue weighted by Crippen LogP contribution is 2.27. The Labute approximate surface area is 146 Å². The summed E-state index contributed by atoms with van der Waals surface area (Å²) in [5.41, 5.74) is 1.65. The molecule has 0 spiro atoms. The number of rotatable bonds is 4. The number of pyridine rings is 1. The van der Waals surface area contributed by atoms with E-state index in [1.165, 1.54) is 12.3 Å². The van der Waals surface area contributed by atoms with Gasteiger partial charge in [-0.1, -0.05) is 0 Å². The van der Waals surface area contributed by atoms with E-state index >= 15 is 0 Å². The van der Waals surface area contributed by atoms with Gasteiger partial charge in [-0.25, -0.2) is 22.2 Å². The first-order chi connectivity index (χ1) is 12.4. The highest BCUT2D eigenvalue weighted by atomic mass is 32.2. The lowest BCUT2D eigenvalue weighted by atomic mass is 10.2. The molecule has 1 aromatic carbocycles. The number of hydrogen-bond donors (Lipinski definition) is 2. The standard InChI is InChI=1S/C17H12F2N4O2S/c18-11-4-10(5-12(19)6-11)9-26(24,25)13-7-15(21-8-13)16-14-2-1-3-20-17(14)23-22-16/h1-8,21H,9H2,(H,20,22,23). The van der Waals surface area contributed by atoms with E-state index in [1.807, 2.05) is 6.07 Å². The zero-order valence-corrected chi connectivity index (χ0v) is 14.0. The first-order valence-corrected chi connectivity index (χ1v) is 9.23. The van der Waals surface area contributed by atoms with Crippen LogP contribution in [0, 0.1) is 11.6 Å². The molecule has 0 aliphatic carbocycles. The van der Waals surface area contributed by atoms with E-state index in [-0.39, 0.29) is 10.5 Å². The van der Waals surface area contributed by atoms with Crippen molar-refractivity contribution in [3.8, 4) is 11.4 Å². The molecular weight excluding hydrogens is 362 g/mol. The molecule has 3 aromatic heterocycles. The summed E-state index contributed by atoms with van der Waals surface area (Å²) >= 11 is 0. The lowest BCUT2D eigenvalue weighted by Gasteiger charge is -2.03. The molecular formula is C17H12F2N4O2S. The van der Waals surface area contributed by atoms with E-state index in [0.717, 1.165) is 17.5 Å². The largest absolute Gasteiger partial charge is 0.359 e. The Morgan fingerprint density at radius 3 is 2.62 bits per heavy atom. The predicted octanol–water partition coefficient (Wildman–Crippen LogP) is 3.21. The first kappa shape index (κ1) is 16.4. The van der Waals surface area contributed by atoms with E-state index in [1.54, 1.807) is 12.3 Å². The fourth-order valence-electron chi connectivity index (χ4n) is 2.75. The molecule has 26 heavy (non-hydrogen) atoms. The van der Waals surface area contributed by atoms with Gasteiger partial charge in [-0.05, 0) is 35.9 Å². The van der Waals surface area contributed by atoms with Crippen molar-refractivity contribution >= 4 is 20.9 Å². The molecule has 0 radical (unpaired) electrons. The quantitative estimate of drug-likeness (QED) is 0.574. The number of H-pyrrole nitrogens is 2. The van der Waals surface area contributed by atoms with Gasteiger partial charge in [0.1, 0.15) is 17.3 Å². The van der Waals surface area contributed by atoms with Crippen LogP contribution in [-0.2, 0) is 15.6 Å². The van der Waals surface area contributed by atoms with Crippen LogP contribution in [0.2, 0.25) is 0 Å². The number of aromatic amines is 2. The van der Waals surface area contributed by atoms with E-state index in [4.69, 9.17) is 0 Å². The Hall–Kier alpha value is -3.07. The molecule has 2 N–H and O–H groups in total. The Morgan fingerprint density at radius 2 is 1.85 bits per heavy atom. The number of benzene rings is 1. The second-order valence-corrected chi connectivity index (χ2v) is 7.75. The Bertz CT molecular complexity index is 1190. The number of nitrogens with one attached hydrogen (secondary N) is 2. The van der Waals surface area contributed by atoms with Crippen LogP contribution >= 0.6 is 0 Å². The van der Waals surface area contributed by atoms with Crippen LogP contribution in [0.3, 0.4) is 0 Å². The molecule has 0 unspecified atom stereocenters. The number of sulfone groups is 1. The maximum absolute atomic E-state index is 13.3. The predicted molar refractivity (Wildman–Crippen MR) is 90.9 cm³/mol. The van der Waals surface area contributed by atoms with Gasteiger partial charge >= 0.3 is 0 Å². The van der Waals surface area contributed by atoms with Gasteiger partial charge in [0.15, 0.2) is 15.5 Å². The average Bonchev–Trinajstić information content (AvgIpc) is 3.20. The maximum Gasteiger partial charge on any atom is 0.184 e. The van der Waals surface area contributed by atoms with Gasteiger partial charge in [-0.3, -0.25) is 5.10 Å². The number of aromatic nitrogens is 4. The Balaban J connectivity index is 1.68. The van der Waals surface area contributed by atoms with Crippen molar-refractivity contribution in [1.29, 1.82) is 0 Å². The van der Waals surface area contributed by atoms with Crippen molar-refractivity contribution in [2.75, 3.05) is 0 Å². The molecule has 0 saturated carbocycles. The monoisotopic (exact) mass is 374 g/mol. The minimum atomic E-state index is -3.79. The van der Waals surface area contributed by atoms with Gasteiger partial charge in [0.2, 0.25) is 0 Å². The molecule has 3 heterocycles. The van der Waals surface area contributed by atoms with Gasteiger partial charge in [0.05, 0.1) is 16.3 Å². The van der Waals surface area contributed by atoms with Crippen molar-refractivity contribution < 1.29 is 17.2 Å². The summed E-state index contributed by atoms with van der Waals surface area (Å²) < 4.78 is 51.7. The lowest BCUT2D eigenvalue weighted by molar-refractivity contribution is 0.579. The second kappa shape index (κ2) is 6.03. The second-order valence-electron chi connectivity index (χ2n) is 5.76. The fraction of sp³-hybridized carbons (Fsp3) is 0.0588. The number of hydrogen-bond acceptors (Lipinski definition) is 4. The highest BCUT2D eigenvalue weighted by Gasteiger charge is 2.20. The van der Waals surface area contributed by atoms with Crippen LogP contribution in [0.5, 0.6) is 0 Å². The third-order valence-corrected chi connectivity index (χ3v) is 5.55. The summed E-state index contributed by atoms with van der Waals surface area (Å²) in [7, 11) is -3.79. The Kier molecular flexibility index (Phi) is 3.80. The summed E-state index contributed by atoms with van der Waals surface area (Å²) in [5, 5.41) is 7.67. The number of fused-ring (bicyclic) bond motifs is 1. The summed E-state index contributed by atoms with van der Waals surface area (Å²) in [5.74, 6) is -2.15. The molecule has 132 valence electrons. The molecule has 0 atom stereocenters.